The number of halogens is 3. The van der Waals surface area contributed by atoms with Gasteiger partial charge in [-0.2, -0.15) is 13.2 Å². The molecule has 2 rings (SSSR count). The van der Waals surface area contributed by atoms with E-state index in [0.717, 1.165) is 30.5 Å². The van der Waals surface area contributed by atoms with Crippen LogP contribution in [0.25, 0.3) is 0 Å². The number of methoxy groups -OCH3 is 1. The Bertz CT molecular complexity index is 848. The SMILES string of the molecule is COCCOc1ccc(C(F)(F)F)cc1NC(=O)c1cc([N+](=O)[O-])cn1C. The first-order valence-electron chi connectivity index (χ1n) is 7.58. The monoisotopic (exact) mass is 387 g/mol. The summed E-state index contributed by atoms with van der Waals surface area (Å²) in [5, 5.41) is 13.1. The Kier molecular flexibility index (Phi) is 6.05. The average molecular weight is 387 g/mol. The van der Waals surface area contributed by atoms with E-state index in [1.165, 1.54) is 18.7 Å². The minimum atomic E-state index is -4.62. The largest absolute Gasteiger partial charge is 0.489 e. The number of rotatable bonds is 7. The third-order valence-corrected chi connectivity index (χ3v) is 3.53. The topological polar surface area (TPSA) is 95.6 Å². The van der Waals surface area contributed by atoms with Crippen molar-refractivity contribution >= 4 is 17.3 Å². The molecule has 0 atom stereocenters. The van der Waals surface area contributed by atoms with E-state index in [-0.39, 0.29) is 36.0 Å². The predicted molar refractivity (Wildman–Crippen MR) is 88.8 cm³/mol. The van der Waals surface area contributed by atoms with Crippen LogP contribution in [0.15, 0.2) is 30.5 Å². The Morgan fingerprint density at radius 1 is 1.30 bits per heavy atom. The number of nitrogens with one attached hydrogen (secondary N) is 1. The molecular weight excluding hydrogens is 371 g/mol. The van der Waals surface area contributed by atoms with Gasteiger partial charge in [0, 0.05) is 20.2 Å². The van der Waals surface area contributed by atoms with Gasteiger partial charge in [0.25, 0.3) is 11.6 Å². The smallest absolute Gasteiger partial charge is 0.416 e. The third-order valence-electron chi connectivity index (χ3n) is 3.53. The average Bonchev–Trinajstić information content (AvgIpc) is 2.97. The molecule has 0 saturated heterocycles. The fourth-order valence-electron chi connectivity index (χ4n) is 2.22. The van der Waals surface area contributed by atoms with Gasteiger partial charge in [-0.25, -0.2) is 0 Å². The van der Waals surface area contributed by atoms with Gasteiger partial charge in [-0.3, -0.25) is 14.9 Å². The summed E-state index contributed by atoms with van der Waals surface area (Å²) in [6.07, 6.45) is -3.49. The normalized spacial score (nSPS) is 11.3. The van der Waals surface area contributed by atoms with E-state index in [1.54, 1.807) is 0 Å². The van der Waals surface area contributed by atoms with Crippen molar-refractivity contribution in [2.45, 2.75) is 6.18 Å². The highest BCUT2D eigenvalue weighted by atomic mass is 19.4. The third kappa shape index (κ3) is 4.97. The maximum absolute atomic E-state index is 13.0. The number of carbonyl (C=O) groups excluding carboxylic acids is 1. The van der Waals surface area contributed by atoms with Crippen LogP contribution >= 0.6 is 0 Å². The van der Waals surface area contributed by atoms with E-state index in [1.807, 2.05) is 0 Å². The van der Waals surface area contributed by atoms with Crippen molar-refractivity contribution in [2.24, 2.45) is 7.05 Å². The molecule has 1 N–H and O–H groups in total. The molecule has 0 aliphatic rings. The minimum Gasteiger partial charge on any atom is -0.489 e. The molecule has 1 amide bonds. The zero-order valence-corrected chi connectivity index (χ0v) is 14.4. The lowest BCUT2D eigenvalue weighted by Gasteiger charge is -2.15. The standard InChI is InChI=1S/C16H16F3N3O5/c1-21-9-11(22(24)25)8-13(21)15(23)20-12-7-10(16(17,18)19)3-4-14(12)27-6-5-26-2/h3-4,7-9H,5-6H2,1-2H3,(H,20,23). The summed E-state index contributed by atoms with van der Waals surface area (Å²) in [6.45, 7) is 0.249. The molecule has 0 bridgehead atoms. The number of nitro groups is 1. The van der Waals surface area contributed by atoms with Crippen LogP contribution in [0.5, 0.6) is 5.75 Å². The number of benzene rings is 1. The number of nitrogens with zero attached hydrogens (tertiary/aromatic N) is 2. The first-order chi connectivity index (χ1) is 12.6. The van der Waals surface area contributed by atoms with Crippen LogP contribution in [0.2, 0.25) is 0 Å². The van der Waals surface area contributed by atoms with E-state index in [0.29, 0.717) is 0 Å². The zero-order valence-electron chi connectivity index (χ0n) is 14.4. The summed E-state index contributed by atoms with van der Waals surface area (Å²) in [6, 6.07) is 3.67. The van der Waals surface area contributed by atoms with Crippen LogP contribution in [0.1, 0.15) is 16.1 Å². The number of hydrogen-bond acceptors (Lipinski definition) is 5. The molecule has 0 unspecified atom stereocenters. The summed E-state index contributed by atoms with van der Waals surface area (Å²) in [4.78, 5) is 22.5. The van der Waals surface area contributed by atoms with Crippen LogP contribution in [-0.4, -0.2) is 35.7 Å². The first-order valence-corrected chi connectivity index (χ1v) is 7.58. The summed E-state index contributed by atoms with van der Waals surface area (Å²) >= 11 is 0. The van der Waals surface area contributed by atoms with E-state index in [2.05, 4.69) is 5.32 Å². The van der Waals surface area contributed by atoms with Gasteiger partial charge < -0.3 is 19.4 Å². The quantitative estimate of drug-likeness (QED) is 0.447. The van der Waals surface area contributed by atoms with E-state index in [9.17, 15) is 28.1 Å². The van der Waals surface area contributed by atoms with Gasteiger partial charge in [-0.15, -0.1) is 0 Å². The van der Waals surface area contributed by atoms with Crippen LogP contribution in [0.4, 0.5) is 24.5 Å². The maximum Gasteiger partial charge on any atom is 0.416 e. The lowest BCUT2D eigenvalue weighted by molar-refractivity contribution is -0.384. The lowest BCUT2D eigenvalue weighted by atomic mass is 10.1. The highest BCUT2D eigenvalue weighted by Crippen LogP contribution is 2.35. The predicted octanol–water partition coefficient (Wildman–Crippen LogP) is 3.23. The molecule has 8 nitrogen and oxygen atoms in total. The number of amides is 1. The second-order valence-electron chi connectivity index (χ2n) is 5.46. The first kappa shape index (κ1) is 20.2. The number of carbonyl (C=O) groups is 1. The number of alkyl halides is 3. The maximum atomic E-state index is 13.0. The number of ether oxygens (including phenoxy) is 2. The van der Waals surface area contributed by atoms with Crippen molar-refractivity contribution in [3.05, 3.63) is 51.8 Å². The number of hydrogen-bond donors (Lipinski definition) is 1. The van der Waals surface area contributed by atoms with Crippen LogP contribution in [0.3, 0.4) is 0 Å². The van der Waals surface area contributed by atoms with E-state index in [4.69, 9.17) is 9.47 Å². The van der Waals surface area contributed by atoms with Gasteiger partial charge >= 0.3 is 6.18 Å². The molecule has 2 aromatic rings. The molecule has 11 heteroatoms. The Hall–Kier alpha value is -3.08. The van der Waals surface area contributed by atoms with Crippen molar-refractivity contribution in [3.63, 3.8) is 0 Å². The van der Waals surface area contributed by atoms with Gasteiger partial charge in [0.15, 0.2) is 0 Å². The Morgan fingerprint density at radius 3 is 2.56 bits per heavy atom. The molecule has 0 aliphatic heterocycles. The molecule has 0 radical (unpaired) electrons. The molecular formula is C16H16F3N3O5. The van der Waals surface area contributed by atoms with Gasteiger partial charge in [0.2, 0.25) is 0 Å². The Morgan fingerprint density at radius 2 is 2.00 bits per heavy atom. The molecule has 146 valence electrons. The molecule has 27 heavy (non-hydrogen) atoms. The summed E-state index contributed by atoms with van der Waals surface area (Å²) in [7, 11) is 2.84. The highest BCUT2D eigenvalue weighted by Gasteiger charge is 2.31. The summed E-state index contributed by atoms with van der Waals surface area (Å²) in [5.74, 6) is -0.807. The summed E-state index contributed by atoms with van der Waals surface area (Å²) in [5.41, 5.74) is -1.60. The van der Waals surface area contributed by atoms with Crippen molar-refractivity contribution in [1.29, 1.82) is 0 Å². The van der Waals surface area contributed by atoms with Crippen LogP contribution < -0.4 is 10.1 Å². The summed E-state index contributed by atoms with van der Waals surface area (Å²) < 4.78 is 50.3. The van der Waals surface area contributed by atoms with Gasteiger partial charge in [0.1, 0.15) is 18.1 Å². The van der Waals surface area contributed by atoms with E-state index >= 15 is 0 Å². The molecule has 0 spiro atoms. The lowest BCUT2D eigenvalue weighted by Crippen LogP contribution is -2.17. The molecule has 1 heterocycles. The zero-order chi connectivity index (χ0) is 20.2. The van der Waals surface area contributed by atoms with Gasteiger partial charge in [-0.1, -0.05) is 0 Å². The molecule has 0 saturated carbocycles. The minimum absolute atomic E-state index is 0.0112. The van der Waals surface area contributed by atoms with Crippen molar-refractivity contribution in [1.82, 2.24) is 4.57 Å². The molecule has 0 fully saturated rings. The van der Waals surface area contributed by atoms with Crippen molar-refractivity contribution in [2.75, 3.05) is 25.6 Å². The second-order valence-corrected chi connectivity index (χ2v) is 5.46. The molecule has 1 aromatic heterocycles. The second kappa shape index (κ2) is 8.08. The number of anilines is 1. The van der Waals surface area contributed by atoms with Crippen molar-refractivity contribution in [3.8, 4) is 5.75 Å². The van der Waals surface area contributed by atoms with Gasteiger partial charge in [0.05, 0.1) is 29.0 Å². The fraction of sp³-hybridized carbons (Fsp3) is 0.312. The van der Waals surface area contributed by atoms with E-state index < -0.39 is 22.6 Å². The number of aromatic nitrogens is 1. The van der Waals surface area contributed by atoms with Crippen LogP contribution in [-0.2, 0) is 18.0 Å². The molecule has 0 aliphatic carbocycles. The number of aryl methyl sites for hydroxylation is 1. The Balaban J connectivity index is 2.33. The highest BCUT2D eigenvalue weighted by molar-refractivity contribution is 6.04. The van der Waals surface area contributed by atoms with Gasteiger partial charge in [-0.05, 0) is 18.2 Å². The molecule has 1 aromatic carbocycles. The van der Waals surface area contributed by atoms with Crippen molar-refractivity contribution < 1.29 is 32.4 Å². The van der Waals surface area contributed by atoms with Crippen LogP contribution in [0, 0.1) is 10.1 Å². The Labute approximate surface area is 151 Å². The fourth-order valence-corrected chi connectivity index (χ4v) is 2.22.